The van der Waals surface area contributed by atoms with Crippen LogP contribution in [-0.2, 0) is 14.8 Å². The molecule has 0 unspecified atom stereocenters. The van der Waals surface area contributed by atoms with Gasteiger partial charge >= 0.3 is 0 Å². The van der Waals surface area contributed by atoms with Crippen molar-refractivity contribution < 1.29 is 13.2 Å². The topological polar surface area (TPSA) is 57.7 Å². The number of aryl methyl sites for hydroxylation is 2. The molecule has 0 spiro atoms. The van der Waals surface area contributed by atoms with E-state index in [2.05, 4.69) is 0 Å². The first-order valence-corrected chi connectivity index (χ1v) is 8.49. The van der Waals surface area contributed by atoms with E-state index in [9.17, 15) is 13.2 Å². The molecule has 1 rings (SSSR count). The molecule has 1 aromatic carbocycles. The Kier molecular flexibility index (Phi) is 5.92. The summed E-state index contributed by atoms with van der Waals surface area (Å²) in [4.78, 5) is 13.9. The molecule has 0 aliphatic carbocycles. The standard InChI is InChI=1S/C15H24N2O3S/c1-6-17(7-2)15(18)11-16(5)21(19,20)14-10-12(3)8-9-13(14)4/h8-10H,6-7,11H2,1-5H3. The number of rotatable bonds is 6. The Balaban J connectivity index is 3.02. The number of nitrogens with zero attached hydrogens (tertiary/aromatic N) is 2. The Labute approximate surface area is 127 Å². The zero-order valence-electron chi connectivity index (χ0n) is 13.4. The summed E-state index contributed by atoms with van der Waals surface area (Å²) in [5, 5.41) is 0. The average Bonchev–Trinajstić information content (AvgIpc) is 2.42. The largest absolute Gasteiger partial charge is 0.342 e. The number of amides is 1. The van der Waals surface area contributed by atoms with E-state index in [1.54, 1.807) is 24.0 Å². The van der Waals surface area contributed by atoms with Crippen LogP contribution < -0.4 is 0 Å². The van der Waals surface area contributed by atoms with Crippen molar-refractivity contribution in [1.29, 1.82) is 0 Å². The first kappa shape index (κ1) is 17.7. The minimum atomic E-state index is -3.65. The Bertz CT molecular complexity index is 607. The number of likely N-dealkylation sites (N-methyl/N-ethyl adjacent to an activating group) is 2. The molecule has 0 saturated heterocycles. The molecule has 0 heterocycles. The van der Waals surface area contributed by atoms with Crippen LogP contribution in [0.3, 0.4) is 0 Å². The fourth-order valence-corrected chi connectivity index (χ4v) is 3.53. The molecule has 0 atom stereocenters. The molecule has 118 valence electrons. The molecule has 0 fully saturated rings. The maximum absolute atomic E-state index is 12.6. The van der Waals surface area contributed by atoms with Gasteiger partial charge < -0.3 is 4.90 Å². The highest BCUT2D eigenvalue weighted by atomic mass is 32.2. The van der Waals surface area contributed by atoms with E-state index in [4.69, 9.17) is 0 Å². The summed E-state index contributed by atoms with van der Waals surface area (Å²) < 4.78 is 26.3. The van der Waals surface area contributed by atoms with E-state index in [1.165, 1.54) is 7.05 Å². The smallest absolute Gasteiger partial charge is 0.243 e. The van der Waals surface area contributed by atoms with Gasteiger partial charge in [0.25, 0.3) is 0 Å². The van der Waals surface area contributed by atoms with Crippen LogP contribution in [0.4, 0.5) is 0 Å². The van der Waals surface area contributed by atoms with Crippen molar-refractivity contribution >= 4 is 15.9 Å². The molecule has 21 heavy (non-hydrogen) atoms. The van der Waals surface area contributed by atoms with Crippen LogP contribution in [-0.4, -0.2) is 50.2 Å². The van der Waals surface area contributed by atoms with Crippen molar-refractivity contribution in [2.45, 2.75) is 32.6 Å². The maximum atomic E-state index is 12.6. The second-order valence-corrected chi connectivity index (χ2v) is 7.11. The second-order valence-electron chi connectivity index (χ2n) is 5.10. The molecule has 0 radical (unpaired) electrons. The summed E-state index contributed by atoms with van der Waals surface area (Å²) in [6.45, 7) is 8.36. The molecule has 0 aliphatic heterocycles. The molecule has 6 heteroatoms. The van der Waals surface area contributed by atoms with Crippen LogP contribution in [0, 0.1) is 13.8 Å². The zero-order valence-corrected chi connectivity index (χ0v) is 14.2. The van der Waals surface area contributed by atoms with Crippen molar-refractivity contribution in [2.75, 3.05) is 26.7 Å². The van der Waals surface area contributed by atoms with Gasteiger partial charge in [-0.25, -0.2) is 8.42 Å². The van der Waals surface area contributed by atoms with Crippen LogP contribution in [0.1, 0.15) is 25.0 Å². The quantitative estimate of drug-likeness (QED) is 0.805. The molecular formula is C15H24N2O3S. The van der Waals surface area contributed by atoms with Gasteiger partial charge in [0.1, 0.15) is 0 Å². The van der Waals surface area contributed by atoms with Gasteiger partial charge in [0.2, 0.25) is 15.9 Å². The third-order valence-electron chi connectivity index (χ3n) is 3.51. The number of carbonyl (C=O) groups excluding carboxylic acids is 1. The normalized spacial score (nSPS) is 11.7. The van der Waals surface area contributed by atoms with Gasteiger partial charge in [0.05, 0.1) is 11.4 Å². The van der Waals surface area contributed by atoms with E-state index in [0.717, 1.165) is 9.87 Å². The van der Waals surface area contributed by atoms with Crippen LogP contribution in [0.25, 0.3) is 0 Å². The SMILES string of the molecule is CCN(CC)C(=O)CN(C)S(=O)(=O)c1cc(C)ccc1C. The summed E-state index contributed by atoms with van der Waals surface area (Å²) >= 11 is 0. The van der Waals surface area contributed by atoms with Gasteiger partial charge in [-0.1, -0.05) is 12.1 Å². The summed E-state index contributed by atoms with van der Waals surface area (Å²) in [5.41, 5.74) is 1.56. The molecular weight excluding hydrogens is 288 g/mol. The van der Waals surface area contributed by atoms with Gasteiger partial charge in [-0.2, -0.15) is 4.31 Å². The van der Waals surface area contributed by atoms with E-state index in [0.29, 0.717) is 18.7 Å². The Morgan fingerprint density at radius 2 is 1.71 bits per heavy atom. The second kappa shape index (κ2) is 7.04. The molecule has 1 amide bonds. The molecule has 0 saturated carbocycles. The third kappa shape index (κ3) is 4.04. The fourth-order valence-electron chi connectivity index (χ4n) is 2.10. The van der Waals surface area contributed by atoms with Crippen molar-refractivity contribution in [3.63, 3.8) is 0 Å². The van der Waals surface area contributed by atoms with Gasteiger partial charge in [0.15, 0.2) is 0 Å². The minimum Gasteiger partial charge on any atom is -0.342 e. The van der Waals surface area contributed by atoms with Crippen molar-refractivity contribution in [1.82, 2.24) is 9.21 Å². The highest BCUT2D eigenvalue weighted by Gasteiger charge is 2.25. The van der Waals surface area contributed by atoms with Gasteiger partial charge in [-0.3, -0.25) is 4.79 Å². The van der Waals surface area contributed by atoms with Crippen LogP contribution in [0.2, 0.25) is 0 Å². The molecule has 1 aromatic rings. The molecule has 0 N–H and O–H groups in total. The first-order valence-electron chi connectivity index (χ1n) is 7.05. The minimum absolute atomic E-state index is 0.141. The first-order chi connectivity index (χ1) is 9.73. The van der Waals surface area contributed by atoms with Crippen LogP contribution in [0.5, 0.6) is 0 Å². The summed E-state index contributed by atoms with van der Waals surface area (Å²) in [7, 11) is -2.21. The van der Waals surface area contributed by atoms with Gasteiger partial charge in [0, 0.05) is 20.1 Å². The monoisotopic (exact) mass is 312 g/mol. The predicted molar refractivity (Wildman–Crippen MR) is 83.7 cm³/mol. The van der Waals surface area contributed by atoms with Crippen LogP contribution in [0.15, 0.2) is 23.1 Å². The lowest BCUT2D eigenvalue weighted by atomic mass is 10.2. The highest BCUT2D eigenvalue weighted by Crippen LogP contribution is 2.20. The molecule has 5 nitrogen and oxygen atoms in total. The molecule has 0 bridgehead atoms. The van der Waals surface area contributed by atoms with Gasteiger partial charge in [-0.05, 0) is 44.9 Å². The third-order valence-corrected chi connectivity index (χ3v) is 5.45. The van der Waals surface area contributed by atoms with E-state index in [1.807, 2.05) is 26.8 Å². The zero-order chi connectivity index (χ0) is 16.2. The molecule has 0 aliphatic rings. The van der Waals surface area contributed by atoms with E-state index < -0.39 is 10.0 Å². The Morgan fingerprint density at radius 1 is 1.14 bits per heavy atom. The van der Waals surface area contributed by atoms with Crippen molar-refractivity contribution in [3.8, 4) is 0 Å². The van der Waals surface area contributed by atoms with Crippen molar-refractivity contribution in [2.24, 2.45) is 0 Å². The highest BCUT2D eigenvalue weighted by molar-refractivity contribution is 7.89. The fraction of sp³-hybridized carbons (Fsp3) is 0.533. The summed E-state index contributed by atoms with van der Waals surface area (Å²) in [5.74, 6) is -0.184. The van der Waals surface area contributed by atoms with E-state index >= 15 is 0 Å². The lowest BCUT2D eigenvalue weighted by molar-refractivity contribution is -0.130. The van der Waals surface area contributed by atoms with E-state index in [-0.39, 0.29) is 17.3 Å². The maximum Gasteiger partial charge on any atom is 0.243 e. The lowest BCUT2D eigenvalue weighted by Crippen LogP contribution is -2.41. The summed E-state index contributed by atoms with van der Waals surface area (Å²) in [6.07, 6.45) is 0. The molecule has 0 aromatic heterocycles. The number of carbonyl (C=O) groups is 1. The number of hydrogen-bond acceptors (Lipinski definition) is 3. The predicted octanol–water partition coefficient (Wildman–Crippen LogP) is 1.79. The van der Waals surface area contributed by atoms with Gasteiger partial charge in [-0.15, -0.1) is 0 Å². The Hall–Kier alpha value is -1.40. The number of hydrogen-bond donors (Lipinski definition) is 0. The lowest BCUT2D eigenvalue weighted by Gasteiger charge is -2.23. The summed E-state index contributed by atoms with van der Waals surface area (Å²) in [6, 6.07) is 5.29. The van der Waals surface area contributed by atoms with Crippen molar-refractivity contribution in [3.05, 3.63) is 29.3 Å². The number of sulfonamides is 1. The Morgan fingerprint density at radius 3 is 2.24 bits per heavy atom. The average molecular weight is 312 g/mol. The van der Waals surface area contributed by atoms with Crippen LogP contribution >= 0.6 is 0 Å². The number of benzene rings is 1.